The van der Waals surface area contributed by atoms with Crippen molar-refractivity contribution < 1.29 is 18.7 Å². The van der Waals surface area contributed by atoms with Crippen molar-refractivity contribution >= 4 is 23.6 Å². The number of aromatic nitrogens is 3. The van der Waals surface area contributed by atoms with Crippen LogP contribution in [0.5, 0.6) is 5.75 Å². The Hall–Kier alpha value is -3.62. The van der Waals surface area contributed by atoms with Crippen molar-refractivity contribution in [2.24, 2.45) is 0 Å². The van der Waals surface area contributed by atoms with Crippen LogP contribution in [0, 0.1) is 0 Å². The second-order valence-electron chi connectivity index (χ2n) is 5.50. The number of esters is 1. The number of aryl methyl sites for hydroxylation is 1. The normalized spacial score (nSPS) is 10.4. The Morgan fingerprint density at radius 2 is 2.04 bits per heavy atom. The van der Waals surface area contributed by atoms with Crippen molar-refractivity contribution in [1.29, 1.82) is 0 Å². The third-order valence-corrected chi connectivity index (χ3v) is 3.57. The summed E-state index contributed by atoms with van der Waals surface area (Å²) in [6.07, 6.45) is 2.22. The lowest BCUT2D eigenvalue weighted by molar-refractivity contribution is -0.145. The van der Waals surface area contributed by atoms with E-state index in [-0.39, 0.29) is 36.7 Å². The fourth-order valence-corrected chi connectivity index (χ4v) is 2.32. The first-order chi connectivity index (χ1) is 13.1. The van der Waals surface area contributed by atoms with Crippen molar-refractivity contribution in [3.8, 4) is 5.75 Å². The molecule has 2 heterocycles. The van der Waals surface area contributed by atoms with Gasteiger partial charge in [-0.1, -0.05) is 12.1 Å². The quantitative estimate of drug-likeness (QED) is 0.576. The zero-order valence-corrected chi connectivity index (χ0v) is 14.7. The number of nitrogen functional groups attached to an aromatic ring is 1. The SMILES string of the molecule is COc1ccccc1Nc1nc(N)nc(COC(=O)CCc2ccco2)n1. The third-order valence-electron chi connectivity index (χ3n) is 3.57. The lowest BCUT2D eigenvalue weighted by atomic mass is 10.2. The predicted molar refractivity (Wildman–Crippen MR) is 97.3 cm³/mol. The van der Waals surface area contributed by atoms with E-state index in [1.54, 1.807) is 31.6 Å². The second-order valence-corrected chi connectivity index (χ2v) is 5.50. The van der Waals surface area contributed by atoms with E-state index in [0.717, 1.165) is 5.76 Å². The van der Waals surface area contributed by atoms with E-state index in [2.05, 4.69) is 20.3 Å². The number of nitrogens with two attached hydrogens (primary N) is 1. The molecule has 0 atom stereocenters. The number of carbonyl (C=O) groups is 1. The maximum Gasteiger partial charge on any atom is 0.306 e. The van der Waals surface area contributed by atoms with Gasteiger partial charge in [-0.25, -0.2) is 0 Å². The van der Waals surface area contributed by atoms with Crippen LogP contribution in [0.4, 0.5) is 17.6 Å². The molecule has 0 radical (unpaired) electrons. The van der Waals surface area contributed by atoms with Crippen molar-refractivity contribution in [2.45, 2.75) is 19.4 Å². The van der Waals surface area contributed by atoms with E-state index in [1.807, 2.05) is 18.2 Å². The monoisotopic (exact) mass is 369 g/mol. The Balaban J connectivity index is 1.60. The standard InChI is InChI=1S/C18H19N5O4/c1-25-14-7-3-2-6-13(14)20-18-22-15(21-17(19)23-18)11-27-16(24)9-8-12-5-4-10-26-12/h2-7,10H,8-9,11H2,1H3,(H3,19,20,21,22,23). The van der Waals surface area contributed by atoms with Crippen LogP contribution in [0.25, 0.3) is 0 Å². The Kier molecular flexibility index (Phi) is 5.83. The Bertz CT molecular complexity index is 899. The van der Waals surface area contributed by atoms with Gasteiger partial charge in [0.15, 0.2) is 12.4 Å². The molecule has 3 rings (SSSR count). The van der Waals surface area contributed by atoms with Crippen LogP contribution in [0.2, 0.25) is 0 Å². The summed E-state index contributed by atoms with van der Waals surface area (Å²) in [6, 6.07) is 10.9. The van der Waals surface area contributed by atoms with Gasteiger partial charge in [0.25, 0.3) is 0 Å². The molecule has 0 saturated carbocycles. The van der Waals surface area contributed by atoms with Gasteiger partial charge in [0.05, 0.1) is 25.5 Å². The molecule has 3 aromatic rings. The highest BCUT2D eigenvalue weighted by Gasteiger charge is 2.11. The molecule has 3 N–H and O–H groups in total. The number of methoxy groups -OCH3 is 1. The highest BCUT2D eigenvalue weighted by atomic mass is 16.5. The number of hydrogen-bond acceptors (Lipinski definition) is 9. The molecule has 0 bridgehead atoms. The van der Waals surface area contributed by atoms with Gasteiger partial charge >= 0.3 is 5.97 Å². The number of nitrogens with zero attached hydrogens (tertiary/aromatic N) is 3. The largest absolute Gasteiger partial charge is 0.495 e. The van der Waals surface area contributed by atoms with E-state index in [4.69, 9.17) is 19.6 Å². The van der Waals surface area contributed by atoms with Gasteiger partial charge in [0.2, 0.25) is 11.9 Å². The van der Waals surface area contributed by atoms with Gasteiger partial charge in [0.1, 0.15) is 11.5 Å². The summed E-state index contributed by atoms with van der Waals surface area (Å²) in [5.41, 5.74) is 6.40. The lowest BCUT2D eigenvalue weighted by Gasteiger charge is -2.10. The maximum atomic E-state index is 11.9. The van der Waals surface area contributed by atoms with E-state index in [1.165, 1.54) is 0 Å². The van der Waals surface area contributed by atoms with Crippen LogP contribution in [-0.4, -0.2) is 28.0 Å². The molecule has 1 aromatic carbocycles. The number of carbonyl (C=O) groups excluding carboxylic acids is 1. The maximum absolute atomic E-state index is 11.9. The van der Waals surface area contributed by atoms with Gasteiger partial charge in [-0.3, -0.25) is 4.79 Å². The van der Waals surface area contributed by atoms with Crippen molar-refractivity contribution in [3.05, 3.63) is 54.2 Å². The van der Waals surface area contributed by atoms with Crippen molar-refractivity contribution in [3.63, 3.8) is 0 Å². The van der Waals surface area contributed by atoms with E-state index in [0.29, 0.717) is 17.9 Å². The van der Waals surface area contributed by atoms with Gasteiger partial charge in [-0.05, 0) is 24.3 Å². The van der Waals surface area contributed by atoms with E-state index in [9.17, 15) is 4.79 Å². The summed E-state index contributed by atoms with van der Waals surface area (Å²) in [5.74, 6) is 1.45. The number of nitrogens with one attached hydrogen (secondary N) is 1. The summed E-state index contributed by atoms with van der Waals surface area (Å²) in [4.78, 5) is 24.1. The molecule has 9 nitrogen and oxygen atoms in total. The minimum Gasteiger partial charge on any atom is -0.495 e. The molecule has 9 heteroatoms. The summed E-state index contributed by atoms with van der Waals surface area (Å²) >= 11 is 0. The molecule has 27 heavy (non-hydrogen) atoms. The first-order valence-corrected chi connectivity index (χ1v) is 8.22. The average molecular weight is 369 g/mol. The number of para-hydroxylation sites is 2. The minimum absolute atomic E-state index is 0.0176. The van der Waals surface area contributed by atoms with Crippen molar-refractivity contribution in [2.75, 3.05) is 18.2 Å². The van der Waals surface area contributed by atoms with Crippen LogP contribution in [0.1, 0.15) is 18.0 Å². The number of benzene rings is 1. The zero-order valence-electron chi connectivity index (χ0n) is 14.7. The number of hydrogen-bond donors (Lipinski definition) is 2. The zero-order chi connectivity index (χ0) is 19.1. The molecule has 0 unspecified atom stereocenters. The summed E-state index contributed by atoms with van der Waals surface area (Å²) in [6.45, 7) is -0.107. The van der Waals surface area contributed by atoms with Gasteiger partial charge in [0, 0.05) is 6.42 Å². The Morgan fingerprint density at radius 3 is 2.81 bits per heavy atom. The highest BCUT2D eigenvalue weighted by molar-refractivity contribution is 5.69. The molecule has 0 aliphatic heterocycles. The molecule has 140 valence electrons. The molecule has 0 aliphatic carbocycles. The molecule has 0 spiro atoms. The smallest absolute Gasteiger partial charge is 0.306 e. The summed E-state index contributed by atoms with van der Waals surface area (Å²) < 4.78 is 15.6. The van der Waals surface area contributed by atoms with E-state index >= 15 is 0 Å². The van der Waals surface area contributed by atoms with Gasteiger partial charge in [-0.2, -0.15) is 15.0 Å². The molecule has 0 aliphatic rings. The number of rotatable bonds is 8. The lowest BCUT2D eigenvalue weighted by Crippen LogP contribution is -2.11. The second kappa shape index (κ2) is 8.65. The van der Waals surface area contributed by atoms with Crippen molar-refractivity contribution in [1.82, 2.24) is 15.0 Å². The van der Waals surface area contributed by atoms with Crippen LogP contribution in [-0.2, 0) is 22.6 Å². The number of anilines is 3. The number of ether oxygens (including phenoxy) is 2. The van der Waals surface area contributed by atoms with Crippen LogP contribution in [0.15, 0.2) is 47.1 Å². The third kappa shape index (κ3) is 5.18. The molecule has 0 saturated heterocycles. The summed E-state index contributed by atoms with van der Waals surface area (Å²) in [5, 5.41) is 3.02. The fourth-order valence-electron chi connectivity index (χ4n) is 2.32. The Morgan fingerprint density at radius 1 is 1.19 bits per heavy atom. The molecule has 0 fully saturated rings. The molecular formula is C18H19N5O4. The Labute approximate surface area is 155 Å². The van der Waals surface area contributed by atoms with Crippen LogP contribution in [0.3, 0.4) is 0 Å². The predicted octanol–water partition coefficient (Wildman–Crippen LogP) is 2.48. The minimum atomic E-state index is -0.385. The molecule has 2 aromatic heterocycles. The molecular weight excluding hydrogens is 350 g/mol. The van der Waals surface area contributed by atoms with Crippen LogP contribution >= 0.6 is 0 Å². The topological polar surface area (TPSA) is 125 Å². The number of furan rings is 1. The van der Waals surface area contributed by atoms with E-state index < -0.39 is 0 Å². The first-order valence-electron chi connectivity index (χ1n) is 8.22. The van der Waals surface area contributed by atoms with Gasteiger partial charge < -0.3 is 24.9 Å². The average Bonchev–Trinajstić information content (AvgIpc) is 3.18. The van der Waals surface area contributed by atoms with Gasteiger partial charge in [-0.15, -0.1) is 0 Å². The highest BCUT2D eigenvalue weighted by Crippen LogP contribution is 2.25. The fraction of sp³-hybridized carbons (Fsp3) is 0.222. The molecule has 0 amide bonds. The van der Waals surface area contributed by atoms with Crippen LogP contribution < -0.4 is 15.8 Å². The first kappa shape index (κ1) is 18.2. The summed E-state index contributed by atoms with van der Waals surface area (Å²) in [7, 11) is 1.57.